The van der Waals surface area contributed by atoms with Gasteiger partial charge in [0.15, 0.2) is 0 Å². The molecular weight excluding hydrogens is 182 g/mol. The van der Waals surface area contributed by atoms with E-state index in [2.05, 4.69) is 0 Å². The van der Waals surface area contributed by atoms with Crippen LogP contribution in [-0.2, 0) is 0 Å². The SMILES string of the molecule is C[C](CO)c1cc(C)cc([N+](=O)[O-])c1. The van der Waals surface area contributed by atoms with Gasteiger partial charge in [0, 0.05) is 18.1 Å². The summed E-state index contributed by atoms with van der Waals surface area (Å²) < 4.78 is 0. The van der Waals surface area contributed by atoms with Gasteiger partial charge in [-0.3, -0.25) is 10.1 Å². The molecule has 0 fully saturated rings. The van der Waals surface area contributed by atoms with E-state index in [1.165, 1.54) is 12.1 Å². The maximum atomic E-state index is 10.6. The number of hydrogen-bond donors (Lipinski definition) is 1. The summed E-state index contributed by atoms with van der Waals surface area (Å²) in [5.41, 5.74) is 1.61. The molecule has 0 atom stereocenters. The Kier molecular flexibility index (Phi) is 3.19. The molecule has 0 spiro atoms. The van der Waals surface area contributed by atoms with E-state index < -0.39 is 4.92 Å². The van der Waals surface area contributed by atoms with Gasteiger partial charge in [0.1, 0.15) is 0 Å². The molecular formula is C10H12NO3. The topological polar surface area (TPSA) is 63.4 Å². The van der Waals surface area contributed by atoms with Crippen molar-refractivity contribution in [2.45, 2.75) is 13.8 Å². The molecule has 1 aromatic carbocycles. The minimum atomic E-state index is -0.429. The first kappa shape index (κ1) is 10.7. The zero-order chi connectivity index (χ0) is 10.7. The molecule has 0 heterocycles. The Morgan fingerprint density at radius 3 is 2.64 bits per heavy atom. The van der Waals surface area contributed by atoms with Crippen LogP contribution in [0, 0.1) is 23.0 Å². The summed E-state index contributed by atoms with van der Waals surface area (Å²) in [5.74, 6) is 0.733. The molecule has 1 aromatic rings. The van der Waals surface area contributed by atoms with Crippen LogP contribution in [0.25, 0.3) is 0 Å². The van der Waals surface area contributed by atoms with E-state index in [9.17, 15) is 10.1 Å². The first-order valence-corrected chi connectivity index (χ1v) is 4.24. The van der Waals surface area contributed by atoms with Gasteiger partial charge in [-0.2, -0.15) is 0 Å². The highest BCUT2D eigenvalue weighted by atomic mass is 16.6. The minimum absolute atomic E-state index is 0.0628. The van der Waals surface area contributed by atoms with E-state index >= 15 is 0 Å². The molecule has 4 heteroatoms. The molecule has 0 aliphatic rings. The molecule has 0 saturated carbocycles. The number of rotatable bonds is 3. The van der Waals surface area contributed by atoms with Gasteiger partial charge in [0.25, 0.3) is 5.69 Å². The molecule has 0 unspecified atom stereocenters. The number of aliphatic hydroxyl groups is 1. The van der Waals surface area contributed by atoms with Crippen LogP contribution in [0.3, 0.4) is 0 Å². The Bertz CT molecular complexity index is 349. The monoisotopic (exact) mass is 194 g/mol. The van der Waals surface area contributed by atoms with E-state index in [4.69, 9.17) is 5.11 Å². The Balaban J connectivity index is 3.13. The third-order valence-electron chi connectivity index (χ3n) is 2.00. The third kappa shape index (κ3) is 2.29. The lowest BCUT2D eigenvalue weighted by Crippen LogP contribution is -2.01. The van der Waals surface area contributed by atoms with Crippen LogP contribution in [0.4, 0.5) is 5.69 Å². The molecule has 0 aliphatic heterocycles. The number of nitro benzene ring substituents is 1. The minimum Gasteiger partial charge on any atom is -0.395 e. The Morgan fingerprint density at radius 2 is 2.14 bits per heavy atom. The van der Waals surface area contributed by atoms with Gasteiger partial charge >= 0.3 is 0 Å². The summed E-state index contributed by atoms with van der Waals surface area (Å²) in [6.45, 7) is 3.46. The molecule has 0 saturated heterocycles. The normalized spacial score (nSPS) is 10.6. The van der Waals surface area contributed by atoms with E-state index in [0.29, 0.717) is 0 Å². The first-order valence-electron chi connectivity index (χ1n) is 4.24. The quantitative estimate of drug-likeness (QED) is 0.589. The molecule has 4 nitrogen and oxygen atoms in total. The van der Waals surface area contributed by atoms with E-state index in [-0.39, 0.29) is 12.3 Å². The molecule has 14 heavy (non-hydrogen) atoms. The maximum Gasteiger partial charge on any atom is 0.269 e. The second-order valence-electron chi connectivity index (χ2n) is 3.25. The Morgan fingerprint density at radius 1 is 1.50 bits per heavy atom. The summed E-state index contributed by atoms with van der Waals surface area (Å²) in [6.07, 6.45) is 0. The standard InChI is InChI=1S/C10H12NO3/c1-7-3-9(8(2)6-12)5-10(4-7)11(13)14/h3-5,12H,6H2,1-2H3. The highest BCUT2D eigenvalue weighted by Crippen LogP contribution is 2.21. The van der Waals surface area contributed by atoms with E-state index in [0.717, 1.165) is 17.0 Å². The number of benzene rings is 1. The molecule has 0 bridgehead atoms. The molecule has 75 valence electrons. The molecule has 0 aliphatic carbocycles. The molecule has 0 amide bonds. The van der Waals surface area contributed by atoms with Gasteiger partial charge in [-0.15, -0.1) is 0 Å². The van der Waals surface area contributed by atoms with Crippen LogP contribution < -0.4 is 0 Å². The van der Waals surface area contributed by atoms with Crippen molar-refractivity contribution < 1.29 is 10.0 Å². The largest absolute Gasteiger partial charge is 0.395 e. The maximum absolute atomic E-state index is 10.6. The van der Waals surface area contributed by atoms with Crippen molar-refractivity contribution in [1.82, 2.24) is 0 Å². The summed E-state index contributed by atoms with van der Waals surface area (Å²) in [5, 5.41) is 19.5. The fourth-order valence-electron chi connectivity index (χ4n) is 1.21. The summed E-state index contributed by atoms with van der Waals surface area (Å²) >= 11 is 0. The van der Waals surface area contributed by atoms with Crippen LogP contribution in [0.1, 0.15) is 18.1 Å². The van der Waals surface area contributed by atoms with Gasteiger partial charge in [-0.05, 0) is 18.1 Å². The summed E-state index contributed by atoms with van der Waals surface area (Å²) in [4.78, 5) is 10.1. The second-order valence-corrected chi connectivity index (χ2v) is 3.25. The lowest BCUT2D eigenvalue weighted by Gasteiger charge is -2.07. The van der Waals surface area contributed by atoms with Crippen molar-refractivity contribution in [2.24, 2.45) is 0 Å². The van der Waals surface area contributed by atoms with Crippen molar-refractivity contribution in [3.05, 3.63) is 45.4 Å². The molecule has 0 aromatic heterocycles. The van der Waals surface area contributed by atoms with Crippen molar-refractivity contribution >= 4 is 5.69 Å². The average Bonchev–Trinajstić information content (AvgIpc) is 2.15. The van der Waals surface area contributed by atoms with E-state index in [1.807, 2.05) is 6.07 Å². The number of non-ortho nitro benzene ring substituents is 1. The third-order valence-corrected chi connectivity index (χ3v) is 2.00. The molecule has 1 rings (SSSR count). The second kappa shape index (κ2) is 4.19. The Labute approximate surface area is 82.3 Å². The lowest BCUT2D eigenvalue weighted by molar-refractivity contribution is -0.384. The number of nitro groups is 1. The fraction of sp³-hybridized carbons (Fsp3) is 0.300. The molecule has 1 radical (unpaired) electrons. The predicted octanol–water partition coefficient (Wildman–Crippen LogP) is 1.84. The van der Waals surface area contributed by atoms with Crippen molar-refractivity contribution in [3.63, 3.8) is 0 Å². The highest BCUT2D eigenvalue weighted by Gasteiger charge is 2.12. The number of aliphatic hydroxyl groups excluding tert-OH is 1. The van der Waals surface area contributed by atoms with Crippen LogP contribution in [0.2, 0.25) is 0 Å². The predicted molar refractivity (Wildman–Crippen MR) is 52.9 cm³/mol. The van der Waals surface area contributed by atoms with Crippen LogP contribution >= 0.6 is 0 Å². The smallest absolute Gasteiger partial charge is 0.269 e. The average molecular weight is 194 g/mol. The van der Waals surface area contributed by atoms with E-state index in [1.54, 1.807) is 13.8 Å². The highest BCUT2D eigenvalue weighted by molar-refractivity contribution is 5.44. The van der Waals surface area contributed by atoms with Crippen molar-refractivity contribution in [2.75, 3.05) is 6.61 Å². The Hall–Kier alpha value is -1.42. The summed E-state index contributed by atoms with van der Waals surface area (Å²) in [7, 11) is 0. The van der Waals surface area contributed by atoms with Gasteiger partial charge in [-0.25, -0.2) is 0 Å². The van der Waals surface area contributed by atoms with Crippen LogP contribution in [0.5, 0.6) is 0 Å². The van der Waals surface area contributed by atoms with Gasteiger partial charge in [0.2, 0.25) is 0 Å². The van der Waals surface area contributed by atoms with Gasteiger partial charge < -0.3 is 5.11 Å². The number of hydrogen-bond acceptors (Lipinski definition) is 3. The van der Waals surface area contributed by atoms with Gasteiger partial charge in [0.05, 0.1) is 11.5 Å². The number of aryl methyl sites for hydroxylation is 1. The van der Waals surface area contributed by atoms with Gasteiger partial charge in [-0.1, -0.05) is 13.0 Å². The van der Waals surface area contributed by atoms with Crippen molar-refractivity contribution in [1.29, 1.82) is 0 Å². The van der Waals surface area contributed by atoms with Crippen LogP contribution in [0.15, 0.2) is 18.2 Å². The van der Waals surface area contributed by atoms with Crippen molar-refractivity contribution in [3.8, 4) is 0 Å². The fourth-order valence-corrected chi connectivity index (χ4v) is 1.21. The molecule has 1 N–H and O–H groups in total. The first-order chi connectivity index (χ1) is 6.54. The van der Waals surface area contributed by atoms with Crippen LogP contribution in [-0.4, -0.2) is 16.6 Å². The lowest BCUT2D eigenvalue weighted by atomic mass is 9.99. The summed E-state index contributed by atoms with van der Waals surface area (Å²) in [6, 6.07) is 4.80. The zero-order valence-electron chi connectivity index (χ0n) is 8.15. The number of nitrogens with zero attached hydrogens (tertiary/aromatic N) is 1. The zero-order valence-corrected chi connectivity index (χ0v) is 8.15.